The van der Waals surface area contributed by atoms with Gasteiger partial charge in [-0.1, -0.05) is 0 Å². The van der Waals surface area contributed by atoms with Crippen LogP contribution in [0, 0.1) is 0 Å². The maximum absolute atomic E-state index is 11.7. The Morgan fingerprint density at radius 2 is 2.17 bits per heavy atom. The Labute approximate surface area is 108 Å². The van der Waals surface area contributed by atoms with E-state index in [4.69, 9.17) is 10.5 Å². The summed E-state index contributed by atoms with van der Waals surface area (Å²) in [4.78, 5) is 11.7. The SMILES string of the molecule is CCNC(=O)c1ccc(N)c(OC2CCCC2)c1. The van der Waals surface area contributed by atoms with Crippen LogP contribution in [-0.2, 0) is 0 Å². The van der Waals surface area contributed by atoms with Crippen LogP contribution in [0.4, 0.5) is 5.69 Å². The largest absolute Gasteiger partial charge is 0.488 e. The van der Waals surface area contributed by atoms with E-state index < -0.39 is 0 Å². The first-order valence-corrected chi connectivity index (χ1v) is 6.55. The quantitative estimate of drug-likeness (QED) is 0.804. The molecule has 0 radical (unpaired) electrons. The van der Waals surface area contributed by atoms with Crippen molar-refractivity contribution in [2.45, 2.75) is 38.7 Å². The van der Waals surface area contributed by atoms with E-state index in [1.165, 1.54) is 12.8 Å². The average Bonchev–Trinajstić information content (AvgIpc) is 2.85. The first-order valence-electron chi connectivity index (χ1n) is 6.55. The Kier molecular flexibility index (Phi) is 4.07. The van der Waals surface area contributed by atoms with Gasteiger partial charge in [0.15, 0.2) is 0 Å². The van der Waals surface area contributed by atoms with Crippen molar-refractivity contribution < 1.29 is 9.53 Å². The molecule has 0 aromatic heterocycles. The Bertz CT molecular complexity index is 426. The molecule has 1 aliphatic rings. The van der Waals surface area contributed by atoms with Crippen LogP contribution in [0.2, 0.25) is 0 Å². The Morgan fingerprint density at radius 1 is 1.44 bits per heavy atom. The molecular weight excluding hydrogens is 228 g/mol. The van der Waals surface area contributed by atoms with Crippen molar-refractivity contribution in [1.82, 2.24) is 5.32 Å². The molecule has 0 bridgehead atoms. The zero-order valence-electron chi connectivity index (χ0n) is 10.7. The zero-order chi connectivity index (χ0) is 13.0. The highest BCUT2D eigenvalue weighted by atomic mass is 16.5. The fourth-order valence-electron chi connectivity index (χ4n) is 2.23. The van der Waals surface area contributed by atoms with Crippen LogP contribution in [0.3, 0.4) is 0 Å². The zero-order valence-corrected chi connectivity index (χ0v) is 10.7. The molecule has 3 N–H and O–H groups in total. The molecule has 98 valence electrons. The van der Waals surface area contributed by atoms with E-state index in [1.54, 1.807) is 18.2 Å². The minimum absolute atomic E-state index is 0.0891. The van der Waals surface area contributed by atoms with Gasteiger partial charge in [-0.15, -0.1) is 0 Å². The van der Waals surface area contributed by atoms with Gasteiger partial charge in [0.25, 0.3) is 5.91 Å². The molecule has 1 fully saturated rings. The van der Waals surface area contributed by atoms with Crippen LogP contribution in [0.15, 0.2) is 18.2 Å². The van der Waals surface area contributed by atoms with Gasteiger partial charge in [0, 0.05) is 12.1 Å². The summed E-state index contributed by atoms with van der Waals surface area (Å²) in [6.07, 6.45) is 4.81. The van der Waals surface area contributed by atoms with E-state index in [-0.39, 0.29) is 12.0 Å². The van der Waals surface area contributed by atoms with E-state index in [2.05, 4.69) is 5.32 Å². The Morgan fingerprint density at radius 3 is 2.83 bits per heavy atom. The smallest absolute Gasteiger partial charge is 0.251 e. The van der Waals surface area contributed by atoms with Crippen LogP contribution in [-0.4, -0.2) is 18.6 Å². The maximum atomic E-state index is 11.7. The monoisotopic (exact) mass is 248 g/mol. The lowest BCUT2D eigenvalue weighted by Gasteiger charge is -2.15. The summed E-state index contributed by atoms with van der Waals surface area (Å²) in [7, 11) is 0. The molecule has 2 rings (SSSR count). The second-order valence-electron chi connectivity index (χ2n) is 4.64. The van der Waals surface area contributed by atoms with Gasteiger partial charge < -0.3 is 15.8 Å². The number of ether oxygens (including phenoxy) is 1. The third-order valence-corrected chi connectivity index (χ3v) is 3.21. The summed E-state index contributed by atoms with van der Waals surface area (Å²) in [5.41, 5.74) is 7.07. The number of anilines is 1. The molecule has 4 nitrogen and oxygen atoms in total. The molecule has 0 aliphatic heterocycles. The maximum Gasteiger partial charge on any atom is 0.251 e. The van der Waals surface area contributed by atoms with Gasteiger partial charge in [0.2, 0.25) is 0 Å². The molecule has 0 spiro atoms. The number of hydrogen-bond donors (Lipinski definition) is 2. The molecule has 1 aromatic carbocycles. The molecule has 1 amide bonds. The highest BCUT2D eigenvalue weighted by Gasteiger charge is 2.18. The van der Waals surface area contributed by atoms with Crippen LogP contribution in [0.1, 0.15) is 43.0 Å². The molecule has 18 heavy (non-hydrogen) atoms. The molecule has 4 heteroatoms. The lowest BCUT2D eigenvalue weighted by molar-refractivity contribution is 0.0955. The van der Waals surface area contributed by atoms with Crippen LogP contribution in [0.5, 0.6) is 5.75 Å². The molecular formula is C14H20N2O2. The summed E-state index contributed by atoms with van der Waals surface area (Å²) < 4.78 is 5.87. The molecule has 1 aliphatic carbocycles. The topological polar surface area (TPSA) is 64.4 Å². The summed E-state index contributed by atoms with van der Waals surface area (Å²) in [5, 5.41) is 2.77. The minimum atomic E-state index is -0.0891. The predicted molar refractivity (Wildman–Crippen MR) is 71.7 cm³/mol. The fraction of sp³-hybridized carbons (Fsp3) is 0.500. The Balaban J connectivity index is 2.12. The van der Waals surface area contributed by atoms with Gasteiger partial charge >= 0.3 is 0 Å². The standard InChI is InChI=1S/C14H20N2O2/c1-2-16-14(17)10-7-8-12(15)13(9-10)18-11-5-3-4-6-11/h7-9,11H,2-6,15H2,1H3,(H,16,17). The number of nitrogen functional groups attached to an aromatic ring is 1. The summed E-state index contributed by atoms with van der Waals surface area (Å²) in [5.74, 6) is 0.541. The van der Waals surface area contributed by atoms with Gasteiger partial charge in [-0.05, 0) is 50.8 Å². The van der Waals surface area contributed by atoms with Gasteiger partial charge in [0.1, 0.15) is 5.75 Å². The van der Waals surface area contributed by atoms with Crippen LogP contribution in [0.25, 0.3) is 0 Å². The molecule has 1 saturated carbocycles. The Hall–Kier alpha value is -1.71. The van der Waals surface area contributed by atoms with Crippen LogP contribution < -0.4 is 15.8 Å². The van der Waals surface area contributed by atoms with E-state index in [0.29, 0.717) is 23.5 Å². The number of hydrogen-bond acceptors (Lipinski definition) is 3. The first kappa shape index (κ1) is 12.7. The molecule has 0 atom stereocenters. The first-order chi connectivity index (χ1) is 8.70. The number of nitrogens with one attached hydrogen (secondary N) is 1. The van der Waals surface area contributed by atoms with E-state index in [0.717, 1.165) is 12.8 Å². The molecule has 0 heterocycles. The molecule has 1 aromatic rings. The third kappa shape index (κ3) is 2.94. The molecule has 0 saturated heterocycles. The number of carbonyl (C=O) groups excluding carboxylic acids is 1. The van der Waals surface area contributed by atoms with Crippen LogP contribution >= 0.6 is 0 Å². The van der Waals surface area contributed by atoms with Crippen molar-refractivity contribution in [1.29, 1.82) is 0 Å². The minimum Gasteiger partial charge on any atom is -0.488 e. The van der Waals surface area contributed by atoms with Crippen molar-refractivity contribution >= 4 is 11.6 Å². The van der Waals surface area contributed by atoms with Gasteiger partial charge in [-0.3, -0.25) is 4.79 Å². The number of carbonyl (C=O) groups is 1. The predicted octanol–water partition coefficient (Wildman–Crippen LogP) is 2.34. The summed E-state index contributed by atoms with van der Waals surface area (Å²) in [6.45, 7) is 2.51. The normalized spacial score (nSPS) is 15.6. The van der Waals surface area contributed by atoms with Gasteiger partial charge in [0.05, 0.1) is 11.8 Å². The fourth-order valence-corrected chi connectivity index (χ4v) is 2.23. The van der Waals surface area contributed by atoms with Crippen molar-refractivity contribution in [3.63, 3.8) is 0 Å². The number of nitrogens with two attached hydrogens (primary N) is 1. The van der Waals surface area contributed by atoms with Crippen molar-refractivity contribution in [3.05, 3.63) is 23.8 Å². The number of rotatable bonds is 4. The number of amides is 1. The van der Waals surface area contributed by atoms with Crippen molar-refractivity contribution in [3.8, 4) is 5.75 Å². The number of benzene rings is 1. The second kappa shape index (κ2) is 5.76. The van der Waals surface area contributed by atoms with E-state index in [1.807, 2.05) is 6.92 Å². The van der Waals surface area contributed by atoms with Gasteiger partial charge in [-0.25, -0.2) is 0 Å². The van der Waals surface area contributed by atoms with E-state index >= 15 is 0 Å². The summed E-state index contributed by atoms with van der Waals surface area (Å²) in [6, 6.07) is 5.19. The summed E-state index contributed by atoms with van der Waals surface area (Å²) >= 11 is 0. The van der Waals surface area contributed by atoms with Crippen molar-refractivity contribution in [2.24, 2.45) is 0 Å². The lowest BCUT2D eigenvalue weighted by Crippen LogP contribution is -2.23. The molecule has 0 unspecified atom stereocenters. The van der Waals surface area contributed by atoms with E-state index in [9.17, 15) is 4.79 Å². The van der Waals surface area contributed by atoms with Gasteiger partial charge in [-0.2, -0.15) is 0 Å². The third-order valence-electron chi connectivity index (χ3n) is 3.21. The van der Waals surface area contributed by atoms with Crippen molar-refractivity contribution in [2.75, 3.05) is 12.3 Å². The lowest BCUT2D eigenvalue weighted by atomic mass is 10.1. The highest BCUT2D eigenvalue weighted by Crippen LogP contribution is 2.29. The second-order valence-corrected chi connectivity index (χ2v) is 4.64. The highest BCUT2D eigenvalue weighted by molar-refractivity contribution is 5.95. The average molecular weight is 248 g/mol.